The Kier molecular flexibility index (Phi) is 4.41. The van der Waals surface area contributed by atoms with Gasteiger partial charge in [-0.1, -0.05) is 29.3 Å². The maximum Gasteiger partial charge on any atom is 0.238 e. The Hall–Kier alpha value is -0.810. The normalized spacial score (nSPS) is 26.0. The molecule has 1 amide bonds. The third kappa shape index (κ3) is 3.34. The van der Waals surface area contributed by atoms with Crippen molar-refractivity contribution in [3.8, 4) is 0 Å². The van der Waals surface area contributed by atoms with Crippen molar-refractivity contribution in [2.24, 2.45) is 11.8 Å². The topological polar surface area (TPSA) is 35.6 Å². The van der Waals surface area contributed by atoms with E-state index in [2.05, 4.69) is 22.2 Å². The number of hydrogen-bond donors (Lipinski definition) is 1. The lowest BCUT2D eigenvalue weighted by molar-refractivity contribution is -0.117. The number of nitrogens with zero attached hydrogens (tertiary/aromatic N) is 2. The lowest BCUT2D eigenvalue weighted by Gasteiger charge is -2.18. The van der Waals surface area contributed by atoms with Gasteiger partial charge >= 0.3 is 0 Å². The van der Waals surface area contributed by atoms with Gasteiger partial charge in [0.15, 0.2) is 0 Å². The molecule has 1 N–H and O–H groups in total. The van der Waals surface area contributed by atoms with Crippen molar-refractivity contribution in [2.75, 3.05) is 45.1 Å². The molecule has 2 aliphatic rings. The van der Waals surface area contributed by atoms with Crippen LogP contribution in [0.1, 0.15) is 0 Å². The van der Waals surface area contributed by atoms with Crippen molar-refractivity contribution < 1.29 is 4.79 Å². The number of likely N-dealkylation sites (tertiary alicyclic amines) is 2. The molecule has 6 heteroatoms. The molecule has 4 nitrogen and oxygen atoms in total. The highest BCUT2D eigenvalue weighted by Gasteiger charge is 2.38. The smallest absolute Gasteiger partial charge is 0.238 e. The minimum Gasteiger partial charge on any atom is -0.324 e. The van der Waals surface area contributed by atoms with Crippen LogP contribution < -0.4 is 5.32 Å². The number of amides is 1. The first-order chi connectivity index (χ1) is 10.0. The standard InChI is InChI=1S/C15H19Cl2N3O/c1-19-5-10-7-20(8-11(10)6-19)9-14(21)18-13-4-2-3-12(16)15(13)17/h2-4,10-11H,5-9H2,1H3,(H,18,21). The van der Waals surface area contributed by atoms with Crippen LogP contribution in [0.15, 0.2) is 18.2 Å². The molecule has 1 aromatic rings. The van der Waals surface area contributed by atoms with Gasteiger partial charge in [0, 0.05) is 26.2 Å². The molecule has 2 unspecified atom stereocenters. The van der Waals surface area contributed by atoms with E-state index in [-0.39, 0.29) is 5.91 Å². The Morgan fingerprint density at radius 1 is 1.24 bits per heavy atom. The molecule has 0 spiro atoms. The van der Waals surface area contributed by atoms with Crippen LogP contribution in [0.2, 0.25) is 10.0 Å². The van der Waals surface area contributed by atoms with Crippen molar-refractivity contribution in [3.05, 3.63) is 28.2 Å². The van der Waals surface area contributed by atoms with E-state index in [9.17, 15) is 4.79 Å². The van der Waals surface area contributed by atoms with E-state index in [1.807, 2.05) is 0 Å². The van der Waals surface area contributed by atoms with Gasteiger partial charge in [-0.05, 0) is 31.0 Å². The Labute approximate surface area is 135 Å². The van der Waals surface area contributed by atoms with Gasteiger partial charge in [0.1, 0.15) is 0 Å². The summed E-state index contributed by atoms with van der Waals surface area (Å²) in [4.78, 5) is 16.8. The minimum absolute atomic E-state index is 0.0347. The molecular weight excluding hydrogens is 309 g/mol. The number of rotatable bonds is 3. The van der Waals surface area contributed by atoms with E-state index >= 15 is 0 Å². The van der Waals surface area contributed by atoms with Gasteiger partial charge in [0.25, 0.3) is 0 Å². The van der Waals surface area contributed by atoms with E-state index in [0.717, 1.165) is 26.2 Å². The monoisotopic (exact) mass is 327 g/mol. The van der Waals surface area contributed by atoms with Crippen LogP contribution in [-0.4, -0.2) is 55.5 Å². The predicted octanol–water partition coefficient (Wildman–Crippen LogP) is 2.43. The van der Waals surface area contributed by atoms with Gasteiger partial charge in [-0.25, -0.2) is 0 Å². The maximum absolute atomic E-state index is 12.2. The van der Waals surface area contributed by atoms with Crippen molar-refractivity contribution in [1.82, 2.24) is 9.80 Å². The predicted molar refractivity (Wildman–Crippen MR) is 86.0 cm³/mol. The zero-order chi connectivity index (χ0) is 15.0. The van der Waals surface area contributed by atoms with Crippen LogP contribution in [0.3, 0.4) is 0 Å². The highest BCUT2D eigenvalue weighted by molar-refractivity contribution is 6.43. The zero-order valence-corrected chi connectivity index (χ0v) is 13.5. The molecule has 0 aromatic heterocycles. The Bertz CT molecular complexity index is 538. The molecule has 1 aromatic carbocycles. The molecular formula is C15H19Cl2N3O. The average Bonchev–Trinajstić information content (AvgIpc) is 2.91. The molecule has 2 atom stereocenters. The first kappa shape index (κ1) is 15.1. The van der Waals surface area contributed by atoms with Crippen LogP contribution in [0.5, 0.6) is 0 Å². The number of hydrogen-bond acceptors (Lipinski definition) is 3. The Morgan fingerprint density at radius 3 is 2.57 bits per heavy atom. The SMILES string of the molecule is CN1CC2CN(CC(=O)Nc3cccc(Cl)c3Cl)CC2C1. The lowest BCUT2D eigenvalue weighted by atomic mass is 10.0. The molecule has 0 aliphatic carbocycles. The molecule has 2 fully saturated rings. The van der Waals surface area contributed by atoms with Crippen LogP contribution in [0.4, 0.5) is 5.69 Å². The Morgan fingerprint density at radius 2 is 1.90 bits per heavy atom. The van der Waals surface area contributed by atoms with Gasteiger partial charge in [0.05, 0.1) is 22.3 Å². The molecule has 2 saturated heterocycles. The quantitative estimate of drug-likeness (QED) is 0.926. The van der Waals surface area contributed by atoms with Crippen molar-refractivity contribution >= 4 is 34.8 Å². The summed E-state index contributed by atoms with van der Waals surface area (Å²) in [5.41, 5.74) is 0.577. The first-order valence-corrected chi connectivity index (χ1v) is 7.93. The molecule has 0 bridgehead atoms. The molecule has 21 heavy (non-hydrogen) atoms. The Balaban J connectivity index is 1.55. The third-order valence-corrected chi connectivity index (χ3v) is 5.16. The average molecular weight is 328 g/mol. The van der Waals surface area contributed by atoms with Gasteiger partial charge in [0.2, 0.25) is 5.91 Å². The lowest BCUT2D eigenvalue weighted by Crippen LogP contribution is -2.34. The number of anilines is 1. The number of benzene rings is 1. The third-order valence-electron chi connectivity index (χ3n) is 4.34. The zero-order valence-electron chi connectivity index (χ0n) is 12.0. The van der Waals surface area contributed by atoms with Crippen LogP contribution in [0, 0.1) is 11.8 Å². The van der Waals surface area contributed by atoms with Gasteiger partial charge < -0.3 is 10.2 Å². The van der Waals surface area contributed by atoms with E-state index < -0.39 is 0 Å². The summed E-state index contributed by atoms with van der Waals surface area (Å²) in [6.45, 7) is 4.71. The number of fused-ring (bicyclic) bond motifs is 1. The van der Waals surface area contributed by atoms with Crippen LogP contribution >= 0.6 is 23.2 Å². The maximum atomic E-state index is 12.2. The summed E-state index contributed by atoms with van der Waals surface area (Å²) in [6.07, 6.45) is 0. The fourth-order valence-electron chi connectivity index (χ4n) is 3.45. The van der Waals surface area contributed by atoms with E-state index in [4.69, 9.17) is 23.2 Å². The summed E-state index contributed by atoms with van der Waals surface area (Å²) in [5, 5.41) is 3.69. The summed E-state index contributed by atoms with van der Waals surface area (Å²) >= 11 is 12.0. The summed E-state index contributed by atoms with van der Waals surface area (Å²) < 4.78 is 0. The van der Waals surface area contributed by atoms with Gasteiger partial charge in [-0.3, -0.25) is 9.69 Å². The molecule has 3 rings (SSSR count). The minimum atomic E-state index is -0.0347. The second kappa shape index (κ2) is 6.13. The molecule has 2 aliphatic heterocycles. The fraction of sp³-hybridized carbons (Fsp3) is 0.533. The van der Waals surface area contributed by atoms with Crippen molar-refractivity contribution in [3.63, 3.8) is 0 Å². The highest BCUT2D eigenvalue weighted by atomic mass is 35.5. The number of carbonyl (C=O) groups excluding carboxylic acids is 1. The van der Waals surface area contributed by atoms with Crippen LogP contribution in [-0.2, 0) is 4.79 Å². The van der Waals surface area contributed by atoms with Crippen molar-refractivity contribution in [2.45, 2.75) is 0 Å². The summed E-state index contributed by atoms with van der Waals surface area (Å²) in [6, 6.07) is 5.25. The first-order valence-electron chi connectivity index (χ1n) is 7.17. The van der Waals surface area contributed by atoms with Gasteiger partial charge in [-0.15, -0.1) is 0 Å². The molecule has 0 radical (unpaired) electrons. The molecule has 2 heterocycles. The van der Waals surface area contributed by atoms with Gasteiger partial charge in [-0.2, -0.15) is 0 Å². The second-order valence-electron chi connectivity index (χ2n) is 6.09. The fourth-order valence-corrected chi connectivity index (χ4v) is 3.79. The van der Waals surface area contributed by atoms with E-state index in [1.54, 1.807) is 18.2 Å². The molecule has 114 valence electrons. The van der Waals surface area contributed by atoms with E-state index in [1.165, 1.54) is 0 Å². The summed E-state index contributed by atoms with van der Waals surface area (Å²) in [7, 11) is 2.16. The summed E-state index contributed by atoms with van der Waals surface area (Å²) in [5.74, 6) is 1.38. The highest BCUT2D eigenvalue weighted by Crippen LogP contribution is 2.31. The second-order valence-corrected chi connectivity index (χ2v) is 6.87. The molecule has 0 saturated carbocycles. The number of halogens is 2. The largest absolute Gasteiger partial charge is 0.324 e. The number of nitrogens with one attached hydrogen (secondary N) is 1. The number of carbonyl (C=O) groups is 1. The van der Waals surface area contributed by atoms with E-state index in [0.29, 0.717) is 34.1 Å². The van der Waals surface area contributed by atoms with Crippen LogP contribution in [0.25, 0.3) is 0 Å². The van der Waals surface area contributed by atoms with Crippen molar-refractivity contribution in [1.29, 1.82) is 0 Å².